The van der Waals surface area contributed by atoms with Crippen LogP contribution in [-0.2, 0) is 14.8 Å². The minimum absolute atomic E-state index is 0.0533. The summed E-state index contributed by atoms with van der Waals surface area (Å²) in [4.78, 5) is 23.2. The average molecular weight is 632 g/mol. The average Bonchev–Trinajstić information content (AvgIpc) is 2.94. The molecule has 0 aliphatic carbocycles. The second-order valence-corrected chi connectivity index (χ2v) is 13.6. The van der Waals surface area contributed by atoms with Gasteiger partial charge in [0.05, 0.1) is 36.6 Å². The van der Waals surface area contributed by atoms with E-state index in [2.05, 4.69) is 30.8 Å². The highest BCUT2D eigenvalue weighted by Crippen LogP contribution is 2.35. The smallest absolute Gasteiger partial charge is 0.407 e. The fraction of sp³-hybridized carbons (Fsp3) is 0.414. The maximum atomic E-state index is 12.1. The van der Waals surface area contributed by atoms with Gasteiger partial charge in [-0.2, -0.15) is 4.98 Å². The molecule has 12 nitrogen and oxygen atoms in total. The van der Waals surface area contributed by atoms with Crippen molar-refractivity contribution in [2.45, 2.75) is 45.3 Å². The number of piperidine rings is 1. The Balaban J connectivity index is 1.45. The number of halogens is 1. The highest BCUT2D eigenvalue weighted by molar-refractivity contribution is 7.92. The fourth-order valence-electron chi connectivity index (χ4n) is 4.53. The molecule has 0 bridgehead atoms. The van der Waals surface area contributed by atoms with Gasteiger partial charge in [0, 0.05) is 37.9 Å². The summed E-state index contributed by atoms with van der Waals surface area (Å²) < 4.78 is 36.5. The van der Waals surface area contributed by atoms with E-state index < -0.39 is 21.7 Å². The maximum absolute atomic E-state index is 12.1. The second kappa shape index (κ2) is 13.1. The van der Waals surface area contributed by atoms with Gasteiger partial charge in [-0.05, 0) is 57.9 Å². The number of nitrogens with one attached hydrogen (secondary N) is 3. The number of methoxy groups -OCH3 is 1. The summed E-state index contributed by atoms with van der Waals surface area (Å²) in [6, 6.07) is 12.8. The lowest BCUT2D eigenvalue weighted by Crippen LogP contribution is -2.46. The van der Waals surface area contributed by atoms with E-state index in [0.717, 1.165) is 37.9 Å². The van der Waals surface area contributed by atoms with Crippen molar-refractivity contribution >= 4 is 62.2 Å². The Morgan fingerprint density at radius 3 is 2.44 bits per heavy atom. The number of carbonyl (C=O) groups excluding carboxylic acids is 1. The molecule has 1 saturated heterocycles. The molecule has 1 aliphatic rings. The minimum Gasteiger partial charge on any atom is -0.494 e. The highest BCUT2D eigenvalue weighted by atomic mass is 35.5. The fourth-order valence-corrected chi connectivity index (χ4v) is 5.19. The number of carbonyl (C=O) groups is 1. The quantitative estimate of drug-likeness (QED) is 0.277. The molecule has 0 radical (unpaired) electrons. The molecule has 1 amide bonds. The molecule has 2 aromatic carbocycles. The summed E-state index contributed by atoms with van der Waals surface area (Å²) in [7, 11) is -0.422. The number of nitrogens with zero attached hydrogens (tertiary/aromatic N) is 4. The van der Waals surface area contributed by atoms with E-state index in [4.69, 9.17) is 21.1 Å². The van der Waals surface area contributed by atoms with Gasteiger partial charge in [-0.3, -0.25) is 4.31 Å². The van der Waals surface area contributed by atoms with Crippen molar-refractivity contribution < 1.29 is 22.7 Å². The van der Waals surface area contributed by atoms with Crippen molar-refractivity contribution in [2.75, 3.05) is 53.3 Å². The van der Waals surface area contributed by atoms with Crippen molar-refractivity contribution in [2.24, 2.45) is 0 Å². The van der Waals surface area contributed by atoms with Crippen LogP contribution in [0.3, 0.4) is 0 Å². The molecule has 232 valence electrons. The van der Waals surface area contributed by atoms with Crippen LogP contribution in [-0.4, -0.2) is 69.6 Å². The monoisotopic (exact) mass is 631 g/mol. The minimum atomic E-state index is -3.49. The van der Waals surface area contributed by atoms with E-state index in [1.807, 2.05) is 39.0 Å². The third-order valence-corrected chi connectivity index (χ3v) is 8.22. The van der Waals surface area contributed by atoms with Crippen LogP contribution in [0.1, 0.15) is 33.6 Å². The van der Waals surface area contributed by atoms with Crippen molar-refractivity contribution in [3.63, 3.8) is 0 Å². The second-order valence-electron chi connectivity index (χ2n) is 11.2. The molecule has 4 rings (SSSR count). The standard InChI is InChI=1S/C29H38ClN7O5S/c1-29(2,3)42-28(38)32-19-13-15-37(16-14-19)20-11-12-23(25(17-20)41-5)34-27-31-18-21(30)26(35-27)33-22-9-7-8-10-24(22)36(4)43(6,39)40/h7-12,17-19H,13-16H2,1-6H3,(H,32,38)(H2,31,33,34,35). The predicted octanol–water partition coefficient (Wildman–Crippen LogP) is 5.52. The Labute approximate surface area is 257 Å². The Bertz CT molecular complexity index is 1560. The van der Waals surface area contributed by atoms with Crippen LogP contribution < -0.4 is 29.9 Å². The number of para-hydroxylation sites is 2. The zero-order valence-electron chi connectivity index (χ0n) is 25.1. The SMILES string of the molecule is COc1cc(N2CCC(NC(=O)OC(C)(C)C)CC2)ccc1Nc1ncc(Cl)c(Nc2ccccc2N(C)S(C)(=O)=O)n1. The van der Waals surface area contributed by atoms with Gasteiger partial charge < -0.3 is 30.3 Å². The molecule has 0 spiro atoms. The number of rotatable bonds is 9. The number of hydrogen-bond acceptors (Lipinski definition) is 10. The number of aromatic nitrogens is 2. The molecule has 0 unspecified atom stereocenters. The molecule has 1 aliphatic heterocycles. The molecule has 1 fully saturated rings. The zero-order valence-corrected chi connectivity index (χ0v) is 26.7. The highest BCUT2D eigenvalue weighted by Gasteiger charge is 2.24. The summed E-state index contributed by atoms with van der Waals surface area (Å²) in [5.41, 5.74) is 2.06. The topological polar surface area (TPSA) is 138 Å². The normalized spacial score (nSPS) is 14.2. The summed E-state index contributed by atoms with van der Waals surface area (Å²) in [6.45, 7) is 7.07. The van der Waals surface area contributed by atoms with Gasteiger partial charge in [-0.15, -0.1) is 0 Å². The summed E-state index contributed by atoms with van der Waals surface area (Å²) in [5, 5.41) is 9.53. The number of alkyl carbamates (subject to hydrolysis) is 1. The van der Waals surface area contributed by atoms with E-state index in [1.54, 1.807) is 31.4 Å². The Hall–Kier alpha value is -3.97. The molecule has 14 heteroatoms. The molecular formula is C29H38ClN7O5S. The van der Waals surface area contributed by atoms with Crippen LogP contribution in [0, 0.1) is 0 Å². The van der Waals surface area contributed by atoms with Crippen LogP contribution in [0.15, 0.2) is 48.7 Å². The van der Waals surface area contributed by atoms with Gasteiger partial charge in [-0.1, -0.05) is 23.7 Å². The van der Waals surface area contributed by atoms with Gasteiger partial charge in [0.25, 0.3) is 0 Å². The largest absolute Gasteiger partial charge is 0.494 e. The van der Waals surface area contributed by atoms with E-state index in [0.29, 0.717) is 28.6 Å². The number of benzene rings is 2. The zero-order chi connectivity index (χ0) is 31.4. The molecule has 2 heterocycles. The Morgan fingerprint density at radius 1 is 1.09 bits per heavy atom. The third kappa shape index (κ3) is 8.54. The lowest BCUT2D eigenvalue weighted by atomic mass is 10.0. The number of anilines is 6. The first-order valence-corrected chi connectivity index (χ1v) is 16.0. The summed E-state index contributed by atoms with van der Waals surface area (Å²) >= 11 is 6.39. The van der Waals surface area contributed by atoms with E-state index in [-0.39, 0.29) is 17.0 Å². The summed E-state index contributed by atoms with van der Waals surface area (Å²) in [6.07, 6.45) is 3.78. The molecule has 0 saturated carbocycles. The third-order valence-electron chi connectivity index (χ3n) is 6.75. The van der Waals surface area contributed by atoms with Gasteiger partial charge in [0.2, 0.25) is 16.0 Å². The molecular weight excluding hydrogens is 594 g/mol. The van der Waals surface area contributed by atoms with Gasteiger partial charge in [-0.25, -0.2) is 18.2 Å². The van der Waals surface area contributed by atoms with Crippen molar-refractivity contribution in [3.05, 3.63) is 53.7 Å². The predicted molar refractivity (Wildman–Crippen MR) is 171 cm³/mol. The summed E-state index contributed by atoms with van der Waals surface area (Å²) in [5.74, 6) is 1.16. The van der Waals surface area contributed by atoms with Crippen LogP contribution in [0.5, 0.6) is 5.75 Å². The molecule has 3 N–H and O–H groups in total. The molecule has 43 heavy (non-hydrogen) atoms. The number of sulfonamides is 1. The van der Waals surface area contributed by atoms with Gasteiger partial charge in [0.1, 0.15) is 16.4 Å². The van der Waals surface area contributed by atoms with Crippen LogP contribution in [0.4, 0.5) is 39.3 Å². The van der Waals surface area contributed by atoms with E-state index >= 15 is 0 Å². The Kier molecular flexibility index (Phi) is 9.75. The number of ether oxygens (including phenoxy) is 2. The van der Waals surface area contributed by atoms with Crippen molar-refractivity contribution in [3.8, 4) is 5.75 Å². The Morgan fingerprint density at radius 2 is 1.79 bits per heavy atom. The maximum Gasteiger partial charge on any atom is 0.407 e. The lowest BCUT2D eigenvalue weighted by molar-refractivity contribution is 0.0497. The number of amides is 1. The lowest BCUT2D eigenvalue weighted by Gasteiger charge is -2.34. The van der Waals surface area contributed by atoms with Crippen molar-refractivity contribution in [1.29, 1.82) is 0 Å². The van der Waals surface area contributed by atoms with E-state index in [1.165, 1.54) is 17.5 Å². The van der Waals surface area contributed by atoms with Crippen molar-refractivity contribution in [1.82, 2.24) is 15.3 Å². The van der Waals surface area contributed by atoms with Crippen LogP contribution in [0.2, 0.25) is 5.02 Å². The van der Waals surface area contributed by atoms with Gasteiger partial charge in [0.15, 0.2) is 5.82 Å². The van der Waals surface area contributed by atoms with E-state index in [9.17, 15) is 13.2 Å². The molecule has 0 atom stereocenters. The van der Waals surface area contributed by atoms with Crippen LogP contribution >= 0.6 is 11.6 Å². The number of hydrogen-bond donors (Lipinski definition) is 3. The first-order chi connectivity index (χ1) is 20.2. The first kappa shape index (κ1) is 32.0. The first-order valence-electron chi connectivity index (χ1n) is 13.8. The molecule has 3 aromatic rings. The molecule has 1 aromatic heterocycles. The van der Waals surface area contributed by atoms with Gasteiger partial charge >= 0.3 is 6.09 Å². The van der Waals surface area contributed by atoms with Crippen LogP contribution in [0.25, 0.3) is 0 Å².